The molecule has 2 aromatic heterocycles. The second kappa shape index (κ2) is 6.26. The molecular formula is C19H22N4O. The van der Waals surface area contributed by atoms with E-state index in [2.05, 4.69) is 46.7 Å². The van der Waals surface area contributed by atoms with E-state index in [1.807, 2.05) is 12.1 Å². The molecule has 3 heterocycles. The molecule has 0 unspecified atom stereocenters. The van der Waals surface area contributed by atoms with E-state index >= 15 is 0 Å². The van der Waals surface area contributed by atoms with Crippen LogP contribution in [-0.4, -0.2) is 40.6 Å². The number of aryl methyl sites for hydroxylation is 1. The maximum absolute atomic E-state index is 5.84. The zero-order chi connectivity index (χ0) is 16.5. The largest absolute Gasteiger partial charge is 0.399 e. The summed E-state index contributed by atoms with van der Waals surface area (Å²) in [5.41, 5.74) is 12.2. The van der Waals surface area contributed by atoms with Crippen LogP contribution in [0.15, 0.2) is 42.6 Å². The van der Waals surface area contributed by atoms with Gasteiger partial charge in [-0.1, -0.05) is 18.2 Å². The molecule has 0 aliphatic carbocycles. The summed E-state index contributed by atoms with van der Waals surface area (Å²) in [6.07, 6.45) is 2.10. The standard InChI is InChI=1S/C19H22N4O/c1-14-3-2-8-23-17(13-22-9-11-24-12-10-22)18(21-19(14)23)15-4-6-16(20)7-5-15/h2-8H,9-13,20H2,1H3. The number of fused-ring (bicyclic) bond motifs is 1. The third-order valence-corrected chi connectivity index (χ3v) is 4.61. The van der Waals surface area contributed by atoms with E-state index < -0.39 is 0 Å². The van der Waals surface area contributed by atoms with E-state index in [-0.39, 0.29) is 0 Å². The zero-order valence-corrected chi connectivity index (χ0v) is 13.9. The van der Waals surface area contributed by atoms with Gasteiger partial charge in [0.2, 0.25) is 0 Å². The number of aromatic nitrogens is 2. The molecule has 2 N–H and O–H groups in total. The molecule has 0 radical (unpaired) electrons. The molecule has 1 aliphatic rings. The molecule has 3 aromatic rings. The number of nitrogens with zero attached hydrogens (tertiary/aromatic N) is 3. The van der Waals surface area contributed by atoms with Crippen molar-refractivity contribution in [1.82, 2.24) is 14.3 Å². The predicted molar refractivity (Wildman–Crippen MR) is 95.9 cm³/mol. The highest BCUT2D eigenvalue weighted by molar-refractivity contribution is 5.69. The van der Waals surface area contributed by atoms with Gasteiger partial charge >= 0.3 is 0 Å². The topological polar surface area (TPSA) is 55.8 Å². The van der Waals surface area contributed by atoms with Crippen molar-refractivity contribution in [2.75, 3.05) is 32.0 Å². The summed E-state index contributed by atoms with van der Waals surface area (Å²) in [5, 5.41) is 0. The zero-order valence-electron chi connectivity index (χ0n) is 13.9. The van der Waals surface area contributed by atoms with Crippen LogP contribution < -0.4 is 5.73 Å². The van der Waals surface area contributed by atoms with Gasteiger partial charge in [0.15, 0.2) is 0 Å². The van der Waals surface area contributed by atoms with Gasteiger partial charge in [0, 0.05) is 37.1 Å². The third-order valence-electron chi connectivity index (χ3n) is 4.61. The molecule has 5 nitrogen and oxygen atoms in total. The second-order valence-electron chi connectivity index (χ2n) is 6.30. The maximum Gasteiger partial charge on any atom is 0.140 e. The Hall–Kier alpha value is -2.37. The highest BCUT2D eigenvalue weighted by Crippen LogP contribution is 2.27. The number of pyridine rings is 1. The SMILES string of the molecule is Cc1cccn2c(CN3CCOCC3)c(-c3ccc(N)cc3)nc12. The van der Waals surface area contributed by atoms with Gasteiger partial charge in [0.25, 0.3) is 0 Å². The van der Waals surface area contributed by atoms with Crippen molar-refractivity contribution in [3.63, 3.8) is 0 Å². The number of hydrogen-bond acceptors (Lipinski definition) is 4. The molecule has 0 saturated carbocycles. The maximum atomic E-state index is 5.84. The normalized spacial score (nSPS) is 15.9. The van der Waals surface area contributed by atoms with Crippen molar-refractivity contribution in [3.05, 3.63) is 53.9 Å². The number of nitrogen functional groups attached to an aromatic ring is 1. The van der Waals surface area contributed by atoms with E-state index in [0.29, 0.717) is 0 Å². The first kappa shape index (κ1) is 15.2. The number of anilines is 1. The van der Waals surface area contributed by atoms with Crippen LogP contribution in [0.25, 0.3) is 16.9 Å². The number of imidazole rings is 1. The molecule has 5 heteroatoms. The van der Waals surface area contributed by atoms with Crippen LogP contribution in [0.1, 0.15) is 11.3 Å². The summed E-state index contributed by atoms with van der Waals surface area (Å²) < 4.78 is 7.69. The molecule has 0 amide bonds. The van der Waals surface area contributed by atoms with Gasteiger partial charge in [-0.3, -0.25) is 4.90 Å². The molecule has 4 rings (SSSR count). The van der Waals surface area contributed by atoms with E-state index in [9.17, 15) is 0 Å². The van der Waals surface area contributed by atoms with Crippen molar-refractivity contribution in [2.24, 2.45) is 0 Å². The van der Waals surface area contributed by atoms with E-state index in [1.54, 1.807) is 0 Å². The molecule has 1 aliphatic heterocycles. The fourth-order valence-corrected chi connectivity index (χ4v) is 3.25. The lowest BCUT2D eigenvalue weighted by Gasteiger charge is -2.26. The Morgan fingerprint density at radius 3 is 2.62 bits per heavy atom. The van der Waals surface area contributed by atoms with Crippen molar-refractivity contribution >= 4 is 11.3 Å². The fourth-order valence-electron chi connectivity index (χ4n) is 3.25. The molecule has 0 bridgehead atoms. The van der Waals surface area contributed by atoms with Crippen molar-refractivity contribution in [2.45, 2.75) is 13.5 Å². The predicted octanol–water partition coefficient (Wildman–Crippen LogP) is 2.72. The van der Waals surface area contributed by atoms with Crippen LogP contribution in [0, 0.1) is 6.92 Å². The van der Waals surface area contributed by atoms with Gasteiger partial charge in [0.1, 0.15) is 5.65 Å². The quantitative estimate of drug-likeness (QED) is 0.753. The minimum absolute atomic E-state index is 0.772. The van der Waals surface area contributed by atoms with Crippen molar-refractivity contribution in [1.29, 1.82) is 0 Å². The van der Waals surface area contributed by atoms with Crippen LogP contribution in [0.5, 0.6) is 0 Å². The Morgan fingerprint density at radius 1 is 1.12 bits per heavy atom. The molecular weight excluding hydrogens is 300 g/mol. The minimum Gasteiger partial charge on any atom is -0.399 e. The average molecular weight is 322 g/mol. The lowest BCUT2D eigenvalue weighted by molar-refractivity contribution is 0.0336. The Labute approximate surface area is 141 Å². The van der Waals surface area contributed by atoms with Crippen LogP contribution in [0.4, 0.5) is 5.69 Å². The van der Waals surface area contributed by atoms with Crippen molar-refractivity contribution in [3.8, 4) is 11.3 Å². The molecule has 1 fully saturated rings. The number of nitrogens with two attached hydrogens (primary N) is 1. The van der Waals surface area contributed by atoms with Gasteiger partial charge in [-0.15, -0.1) is 0 Å². The lowest BCUT2D eigenvalue weighted by atomic mass is 10.1. The van der Waals surface area contributed by atoms with Gasteiger partial charge in [-0.2, -0.15) is 0 Å². The van der Waals surface area contributed by atoms with Crippen LogP contribution in [0.3, 0.4) is 0 Å². The number of benzene rings is 1. The van der Waals surface area contributed by atoms with Gasteiger partial charge in [0.05, 0.1) is 24.6 Å². The Bertz CT molecular complexity index is 848. The Balaban J connectivity index is 1.83. The number of hydrogen-bond donors (Lipinski definition) is 1. The van der Waals surface area contributed by atoms with E-state index in [4.69, 9.17) is 15.5 Å². The van der Waals surface area contributed by atoms with Crippen molar-refractivity contribution < 1.29 is 4.74 Å². The van der Waals surface area contributed by atoms with Crippen LogP contribution in [0.2, 0.25) is 0 Å². The molecule has 124 valence electrons. The third kappa shape index (κ3) is 2.77. The summed E-state index contributed by atoms with van der Waals surface area (Å²) in [6.45, 7) is 6.49. The fraction of sp³-hybridized carbons (Fsp3) is 0.316. The van der Waals surface area contributed by atoms with Gasteiger partial charge < -0.3 is 14.9 Å². The van der Waals surface area contributed by atoms with E-state index in [0.717, 1.165) is 55.4 Å². The first-order chi connectivity index (χ1) is 11.7. The highest BCUT2D eigenvalue weighted by atomic mass is 16.5. The Kier molecular flexibility index (Phi) is 3.96. The molecule has 0 atom stereocenters. The number of ether oxygens (including phenoxy) is 1. The van der Waals surface area contributed by atoms with Crippen LogP contribution in [-0.2, 0) is 11.3 Å². The molecule has 24 heavy (non-hydrogen) atoms. The van der Waals surface area contributed by atoms with Gasteiger partial charge in [-0.05, 0) is 30.7 Å². The smallest absolute Gasteiger partial charge is 0.140 e. The summed E-state index contributed by atoms with van der Waals surface area (Å²) in [5.74, 6) is 0. The average Bonchev–Trinajstić information content (AvgIpc) is 2.97. The van der Waals surface area contributed by atoms with E-state index in [1.165, 1.54) is 11.3 Å². The first-order valence-corrected chi connectivity index (χ1v) is 8.35. The summed E-state index contributed by atoms with van der Waals surface area (Å²) in [4.78, 5) is 7.37. The Morgan fingerprint density at radius 2 is 1.88 bits per heavy atom. The van der Waals surface area contributed by atoms with Crippen LogP contribution >= 0.6 is 0 Å². The molecule has 1 aromatic carbocycles. The summed E-state index contributed by atoms with van der Waals surface area (Å²) in [7, 11) is 0. The monoisotopic (exact) mass is 322 g/mol. The first-order valence-electron chi connectivity index (χ1n) is 8.35. The second-order valence-corrected chi connectivity index (χ2v) is 6.30. The summed E-state index contributed by atoms with van der Waals surface area (Å²) in [6, 6.07) is 12.2. The number of rotatable bonds is 3. The molecule has 1 saturated heterocycles. The molecule has 0 spiro atoms. The lowest BCUT2D eigenvalue weighted by Crippen LogP contribution is -2.36. The minimum atomic E-state index is 0.772. The van der Waals surface area contributed by atoms with Gasteiger partial charge in [-0.25, -0.2) is 4.98 Å². The summed E-state index contributed by atoms with van der Waals surface area (Å²) >= 11 is 0. The highest BCUT2D eigenvalue weighted by Gasteiger charge is 2.19. The number of morpholine rings is 1.